The summed E-state index contributed by atoms with van der Waals surface area (Å²) in [5.74, 6) is 0.847. The zero-order valence-corrected chi connectivity index (χ0v) is 17.7. The van der Waals surface area contributed by atoms with E-state index in [1.807, 2.05) is 13.0 Å². The lowest BCUT2D eigenvalue weighted by Crippen LogP contribution is -2.34. The SMILES string of the molecule is CC(Nc1ncnc(N)c1C#N)c1nc2cccc(Cl)c2c(=O)n1C1CCC(O)CC1. The molecule has 0 radical (unpaired) electrons. The van der Waals surface area contributed by atoms with Gasteiger partial charge in [0, 0.05) is 6.04 Å². The molecule has 1 fully saturated rings. The summed E-state index contributed by atoms with van der Waals surface area (Å²) >= 11 is 6.34. The van der Waals surface area contributed by atoms with Crippen LogP contribution in [0.2, 0.25) is 5.02 Å². The number of halogens is 1. The van der Waals surface area contributed by atoms with E-state index in [1.54, 1.807) is 22.8 Å². The first kappa shape index (κ1) is 21.0. The minimum absolute atomic E-state index is 0.0733. The fraction of sp³-hybridized carbons (Fsp3) is 0.381. The molecule has 0 saturated heterocycles. The Morgan fingerprint density at radius 1 is 1.32 bits per heavy atom. The van der Waals surface area contributed by atoms with E-state index in [-0.39, 0.29) is 34.9 Å². The van der Waals surface area contributed by atoms with Crippen LogP contribution in [0.5, 0.6) is 0 Å². The lowest BCUT2D eigenvalue weighted by atomic mass is 9.92. The van der Waals surface area contributed by atoms with Crippen LogP contribution in [-0.2, 0) is 0 Å². The topological polar surface area (TPSA) is 143 Å². The molecular weight excluding hydrogens is 418 g/mol. The molecule has 2 heterocycles. The summed E-state index contributed by atoms with van der Waals surface area (Å²) in [6.45, 7) is 1.84. The van der Waals surface area contributed by atoms with Crippen LogP contribution in [-0.4, -0.2) is 30.7 Å². The van der Waals surface area contributed by atoms with Gasteiger partial charge in [0.2, 0.25) is 0 Å². The van der Waals surface area contributed by atoms with Crippen molar-refractivity contribution in [2.24, 2.45) is 0 Å². The number of nitrogen functional groups attached to an aromatic ring is 1. The van der Waals surface area contributed by atoms with E-state index in [1.165, 1.54) is 6.33 Å². The van der Waals surface area contributed by atoms with E-state index in [2.05, 4.69) is 15.3 Å². The number of benzene rings is 1. The van der Waals surface area contributed by atoms with Crippen molar-refractivity contribution >= 4 is 34.1 Å². The molecule has 9 nitrogen and oxygen atoms in total. The normalized spacial score (nSPS) is 19.7. The highest BCUT2D eigenvalue weighted by Crippen LogP contribution is 2.32. The zero-order chi connectivity index (χ0) is 22.1. The molecule has 0 aliphatic heterocycles. The molecule has 10 heteroatoms. The maximum absolute atomic E-state index is 13.5. The van der Waals surface area contributed by atoms with E-state index in [0.29, 0.717) is 47.4 Å². The zero-order valence-electron chi connectivity index (χ0n) is 16.9. The Labute approximate surface area is 183 Å². The molecule has 1 aliphatic carbocycles. The first-order valence-corrected chi connectivity index (χ1v) is 10.4. The first-order chi connectivity index (χ1) is 14.9. The van der Waals surface area contributed by atoms with Crippen LogP contribution < -0.4 is 16.6 Å². The number of nitriles is 1. The third-order valence-electron chi connectivity index (χ3n) is 5.67. The van der Waals surface area contributed by atoms with Gasteiger partial charge in [0.1, 0.15) is 35.4 Å². The summed E-state index contributed by atoms with van der Waals surface area (Å²) in [4.78, 5) is 26.3. The molecule has 1 atom stereocenters. The summed E-state index contributed by atoms with van der Waals surface area (Å²) < 4.78 is 1.67. The molecule has 1 saturated carbocycles. The van der Waals surface area contributed by atoms with Crippen molar-refractivity contribution < 1.29 is 5.11 Å². The number of hydrogen-bond donors (Lipinski definition) is 3. The van der Waals surface area contributed by atoms with Crippen molar-refractivity contribution in [3.8, 4) is 6.07 Å². The van der Waals surface area contributed by atoms with Gasteiger partial charge in [-0.05, 0) is 44.7 Å². The highest BCUT2D eigenvalue weighted by molar-refractivity contribution is 6.35. The smallest absolute Gasteiger partial charge is 0.263 e. The van der Waals surface area contributed by atoms with E-state index in [4.69, 9.17) is 22.3 Å². The van der Waals surface area contributed by atoms with Gasteiger partial charge in [0.05, 0.1) is 28.1 Å². The minimum atomic E-state index is -0.468. The fourth-order valence-electron chi connectivity index (χ4n) is 4.08. The highest BCUT2D eigenvalue weighted by Gasteiger charge is 2.28. The number of aliphatic hydroxyl groups is 1. The van der Waals surface area contributed by atoms with Crippen LogP contribution in [0.4, 0.5) is 11.6 Å². The second-order valence-corrected chi connectivity index (χ2v) is 8.11. The van der Waals surface area contributed by atoms with Crippen LogP contribution >= 0.6 is 11.6 Å². The number of anilines is 2. The predicted octanol–water partition coefficient (Wildman–Crippen LogP) is 2.94. The van der Waals surface area contributed by atoms with Gasteiger partial charge in [0.25, 0.3) is 5.56 Å². The number of rotatable bonds is 4. The van der Waals surface area contributed by atoms with Gasteiger partial charge in [-0.15, -0.1) is 0 Å². The number of aliphatic hydroxyl groups excluding tert-OH is 1. The molecule has 3 aromatic rings. The van der Waals surface area contributed by atoms with Crippen molar-refractivity contribution in [3.63, 3.8) is 0 Å². The molecule has 1 aliphatic rings. The molecule has 4 rings (SSSR count). The van der Waals surface area contributed by atoms with Gasteiger partial charge in [0.15, 0.2) is 0 Å². The Morgan fingerprint density at radius 2 is 2.06 bits per heavy atom. The molecule has 31 heavy (non-hydrogen) atoms. The number of hydrogen-bond acceptors (Lipinski definition) is 8. The average molecular weight is 440 g/mol. The molecule has 4 N–H and O–H groups in total. The third kappa shape index (κ3) is 3.92. The Hall–Kier alpha value is -3.22. The Kier molecular flexibility index (Phi) is 5.76. The first-order valence-electron chi connectivity index (χ1n) is 10.1. The maximum atomic E-state index is 13.5. The van der Waals surface area contributed by atoms with Crippen LogP contribution in [0.1, 0.15) is 56.1 Å². The number of aromatic nitrogens is 4. The van der Waals surface area contributed by atoms with E-state index < -0.39 is 6.04 Å². The van der Waals surface area contributed by atoms with Crippen molar-refractivity contribution in [1.82, 2.24) is 19.5 Å². The summed E-state index contributed by atoms with van der Waals surface area (Å²) in [7, 11) is 0. The standard InChI is InChI=1S/C21H22ClN7O2/c1-11(27-19-14(9-23)18(24)25-10-26-19)20-28-16-4-2-3-15(22)17(16)21(31)29(20)12-5-7-13(30)8-6-12/h2-4,10-13,30H,5-8H2,1H3,(H3,24,25,26,27). The average Bonchev–Trinajstić information content (AvgIpc) is 2.74. The number of nitrogens with two attached hydrogens (primary N) is 1. The lowest BCUT2D eigenvalue weighted by Gasteiger charge is -2.30. The quantitative estimate of drug-likeness (QED) is 0.563. The number of fused-ring (bicyclic) bond motifs is 1. The third-order valence-corrected chi connectivity index (χ3v) is 5.98. The van der Waals surface area contributed by atoms with E-state index in [9.17, 15) is 15.2 Å². The summed E-state index contributed by atoms with van der Waals surface area (Å²) in [5, 5.41) is 23.2. The summed E-state index contributed by atoms with van der Waals surface area (Å²) in [6, 6.07) is 6.59. The maximum Gasteiger partial charge on any atom is 0.263 e. The van der Waals surface area contributed by atoms with Gasteiger partial charge in [-0.25, -0.2) is 15.0 Å². The van der Waals surface area contributed by atoms with E-state index >= 15 is 0 Å². The largest absolute Gasteiger partial charge is 0.393 e. The highest BCUT2D eigenvalue weighted by atomic mass is 35.5. The van der Waals surface area contributed by atoms with Crippen molar-refractivity contribution in [2.75, 3.05) is 11.1 Å². The van der Waals surface area contributed by atoms with Crippen molar-refractivity contribution in [1.29, 1.82) is 5.26 Å². The van der Waals surface area contributed by atoms with E-state index in [0.717, 1.165) is 0 Å². The Balaban J connectivity index is 1.84. The van der Waals surface area contributed by atoms with Gasteiger partial charge in [-0.2, -0.15) is 5.26 Å². The van der Waals surface area contributed by atoms with Crippen LogP contribution in [0, 0.1) is 11.3 Å². The number of nitrogens with one attached hydrogen (secondary N) is 1. The van der Waals surface area contributed by atoms with Gasteiger partial charge in [-0.1, -0.05) is 17.7 Å². The molecule has 160 valence electrons. The Morgan fingerprint density at radius 3 is 2.77 bits per heavy atom. The van der Waals surface area contributed by atoms with Gasteiger partial charge < -0.3 is 16.2 Å². The Bertz CT molecular complexity index is 1230. The molecular formula is C21H22ClN7O2. The summed E-state index contributed by atoms with van der Waals surface area (Å²) in [5.41, 5.74) is 6.21. The van der Waals surface area contributed by atoms with Crippen LogP contribution in [0.15, 0.2) is 29.3 Å². The van der Waals surface area contributed by atoms with Crippen molar-refractivity contribution in [2.45, 2.75) is 50.8 Å². The van der Waals surface area contributed by atoms with Gasteiger partial charge >= 0.3 is 0 Å². The van der Waals surface area contributed by atoms with Gasteiger partial charge in [-0.3, -0.25) is 9.36 Å². The van der Waals surface area contributed by atoms with Crippen LogP contribution in [0.25, 0.3) is 10.9 Å². The lowest BCUT2D eigenvalue weighted by molar-refractivity contribution is 0.109. The minimum Gasteiger partial charge on any atom is -0.393 e. The second-order valence-electron chi connectivity index (χ2n) is 7.70. The van der Waals surface area contributed by atoms with Crippen molar-refractivity contribution in [3.05, 3.63) is 51.3 Å². The predicted molar refractivity (Wildman–Crippen MR) is 118 cm³/mol. The molecule has 1 aromatic carbocycles. The van der Waals surface area contributed by atoms with Crippen LogP contribution in [0.3, 0.4) is 0 Å². The monoisotopic (exact) mass is 439 g/mol. The molecule has 1 unspecified atom stereocenters. The summed E-state index contributed by atoms with van der Waals surface area (Å²) in [6.07, 6.45) is 3.45. The second kappa shape index (κ2) is 8.49. The molecule has 0 amide bonds. The molecule has 0 bridgehead atoms. The molecule has 2 aromatic heterocycles. The fourth-order valence-corrected chi connectivity index (χ4v) is 4.33. The number of nitrogens with zero attached hydrogens (tertiary/aromatic N) is 5. The molecule has 0 spiro atoms.